The van der Waals surface area contributed by atoms with Crippen LogP contribution in [0.2, 0.25) is 0 Å². The van der Waals surface area contributed by atoms with Gasteiger partial charge in [0.15, 0.2) is 0 Å². The Bertz CT molecular complexity index is 284. The summed E-state index contributed by atoms with van der Waals surface area (Å²) < 4.78 is 0. The second-order valence-electron chi connectivity index (χ2n) is 4.89. The Hall–Kier alpha value is -0.860. The Morgan fingerprint density at radius 3 is 2.38 bits per heavy atom. The third kappa shape index (κ3) is 4.77. The summed E-state index contributed by atoms with van der Waals surface area (Å²) in [4.78, 5) is 0. The molecule has 0 fully saturated rings. The third-order valence-corrected chi connectivity index (χ3v) is 2.81. The topological polar surface area (TPSA) is 46.2 Å². The van der Waals surface area contributed by atoms with Crippen molar-refractivity contribution in [2.75, 3.05) is 0 Å². The van der Waals surface area contributed by atoms with Crippen LogP contribution < -0.4 is 5.73 Å². The molecule has 0 spiro atoms. The molecule has 0 aliphatic rings. The number of aliphatic hydroxyl groups is 1. The van der Waals surface area contributed by atoms with Crippen molar-refractivity contribution in [1.29, 1.82) is 0 Å². The highest BCUT2D eigenvalue weighted by Crippen LogP contribution is 2.11. The molecule has 0 saturated carbocycles. The summed E-state index contributed by atoms with van der Waals surface area (Å²) in [6, 6.07) is 10.1. The van der Waals surface area contributed by atoms with E-state index in [0.29, 0.717) is 5.92 Å². The van der Waals surface area contributed by atoms with Gasteiger partial charge in [0.25, 0.3) is 0 Å². The van der Waals surface area contributed by atoms with E-state index in [1.165, 1.54) is 5.56 Å². The predicted octanol–water partition coefficient (Wildman–Crippen LogP) is 2.35. The van der Waals surface area contributed by atoms with Gasteiger partial charge in [-0.2, -0.15) is 0 Å². The van der Waals surface area contributed by atoms with Crippen LogP contribution in [0.5, 0.6) is 0 Å². The molecule has 3 N–H and O–H groups in total. The van der Waals surface area contributed by atoms with Crippen LogP contribution >= 0.6 is 0 Å². The maximum Gasteiger partial charge on any atom is 0.0694 e. The number of hydrogen-bond donors (Lipinski definition) is 2. The smallest absolute Gasteiger partial charge is 0.0694 e. The molecule has 2 atom stereocenters. The van der Waals surface area contributed by atoms with Crippen molar-refractivity contribution in [3.8, 4) is 0 Å². The molecule has 0 amide bonds. The van der Waals surface area contributed by atoms with Crippen LogP contribution in [-0.2, 0) is 6.42 Å². The van der Waals surface area contributed by atoms with Crippen molar-refractivity contribution in [3.05, 3.63) is 35.9 Å². The fourth-order valence-electron chi connectivity index (χ4n) is 1.87. The normalized spacial score (nSPS) is 15.1. The predicted molar refractivity (Wildman–Crippen MR) is 68.2 cm³/mol. The highest BCUT2D eigenvalue weighted by atomic mass is 16.3. The lowest BCUT2D eigenvalue weighted by molar-refractivity contribution is 0.125. The minimum absolute atomic E-state index is 0.0938. The molecule has 2 heteroatoms. The molecule has 1 aromatic rings. The first-order valence-corrected chi connectivity index (χ1v) is 6.07. The molecule has 1 unspecified atom stereocenters. The molecule has 16 heavy (non-hydrogen) atoms. The molecular weight excluding hydrogens is 198 g/mol. The van der Waals surface area contributed by atoms with E-state index in [1.54, 1.807) is 0 Å². The zero-order valence-corrected chi connectivity index (χ0v) is 10.3. The number of nitrogens with two attached hydrogens (primary N) is 1. The molecule has 90 valence electrons. The minimum atomic E-state index is -0.386. The Morgan fingerprint density at radius 1 is 1.19 bits per heavy atom. The van der Waals surface area contributed by atoms with Gasteiger partial charge in [-0.25, -0.2) is 0 Å². The molecule has 1 rings (SSSR count). The average molecular weight is 221 g/mol. The quantitative estimate of drug-likeness (QED) is 0.774. The molecule has 0 aliphatic heterocycles. The minimum Gasteiger partial charge on any atom is -0.392 e. The summed E-state index contributed by atoms with van der Waals surface area (Å²) in [5, 5.41) is 9.90. The molecule has 1 aromatic carbocycles. The lowest BCUT2D eigenvalue weighted by Gasteiger charge is -2.20. The molecule has 0 radical (unpaired) electrons. The van der Waals surface area contributed by atoms with Gasteiger partial charge in [-0.15, -0.1) is 0 Å². The Labute approximate surface area is 98.5 Å². The average Bonchev–Trinajstić information content (AvgIpc) is 2.26. The molecule has 0 aliphatic carbocycles. The van der Waals surface area contributed by atoms with Crippen LogP contribution in [0, 0.1) is 5.92 Å². The van der Waals surface area contributed by atoms with Crippen molar-refractivity contribution >= 4 is 0 Å². The maximum atomic E-state index is 9.90. The number of rotatable bonds is 6. The monoisotopic (exact) mass is 221 g/mol. The molecule has 0 saturated heterocycles. The van der Waals surface area contributed by atoms with Crippen molar-refractivity contribution < 1.29 is 5.11 Å². The van der Waals surface area contributed by atoms with Gasteiger partial charge in [0.2, 0.25) is 0 Å². The summed E-state index contributed by atoms with van der Waals surface area (Å²) in [5.41, 5.74) is 7.19. The lowest BCUT2D eigenvalue weighted by atomic mass is 9.96. The lowest BCUT2D eigenvalue weighted by Crippen LogP contribution is -2.36. The molecular formula is C14H23NO. The largest absolute Gasteiger partial charge is 0.392 e. The van der Waals surface area contributed by atoms with E-state index >= 15 is 0 Å². The van der Waals surface area contributed by atoms with Gasteiger partial charge in [-0.05, 0) is 30.7 Å². The number of aliphatic hydroxyl groups excluding tert-OH is 1. The van der Waals surface area contributed by atoms with E-state index in [4.69, 9.17) is 5.73 Å². The number of benzene rings is 1. The van der Waals surface area contributed by atoms with Crippen molar-refractivity contribution in [2.24, 2.45) is 11.7 Å². The van der Waals surface area contributed by atoms with Crippen LogP contribution in [0.3, 0.4) is 0 Å². The highest BCUT2D eigenvalue weighted by Gasteiger charge is 2.15. The first-order valence-electron chi connectivity index (χ1n) is 6.07. The van der Waals surface area contributed by atoms with Gasteiger partial charge in [0, 0.05) is 6.04 Å². The summed E-state index contributed by atoms with van der Waals surface area (Å²) in [6.07, 6.45) is 2.14. The second-order valence-corrected chi connectivity index (χ2v) is 4.89. The number of hydrogen-bond acceptors (Lipinski definition) is 2. The summed E-state index contributed by atoms with van der Waals surface area (Å²) >= 11 is 0. The first kappa shape index (κ1) is 13.2. The number of aryl methyl sites for hydroxylation is 1. The molecule has 0 bridgehead atoms. The van der Waals surface area contributed by atoms with E-state index in [0.717, 1.165) is 19.3 Å². The SMILES string of the molecule is CC(C)CC(N)[C@H](O)CCc1ccccc1. The van der Waals surface area contributed by atoms with Gasteiger partial charge in [-0.1, -0.05) is 44.2 Å². The summed E-state index contributed by atoms with van der Waals surface area (Å²) in [6.45, 7) is 4.26. The van der Waals surface area contributed by atoms with Crippen LogP contribution in [0.4, 0.5) is 0 Å². The zero-order chi connectivity index (χ0) is 12.0. The van der Waals surface area contributed by atoms with Gasteiger partial charge in [0.1, 0.15) is 0 Å². The van der Waals surface area contributed by atoms with Gasteiger partial charge < -0.3 is 10.8 Å². The van der Waals surface area contributed by atoms with Gasteiger partial charge >= 0.3 is 0 Å². The molecule has 2 nitrogen and oxygen atoms in total. The summed E-state index contributed by atoms with van der Waals surface area (Å²) in [7, 11) is 0. The van der Waals surface area contributed by atoms with Crippen molar-refractivity contribution in [2.45, 2.75) is 45.3 Å². The Morgan fingerprint density at radius 2 is 1.81 bits per heavy atom. The van der Waals surface area contributed by atoms with Gasteiger partial charge in [0.05, 0.1) is 6.10 Å². The zero-order valence-electron chi connectivity index (χ0n) is 10.3. The summed E-state index contributed by atoms with van der Waals surface area (Å²) in [5.74, 6) is 0.543. The molecule has 0 aromatic heterocycles. The van der Waals surface area contributed by atoms with E-state index in [-0.39, 0.29) is 12.1 Å². The maximum absolute atomic E-state index is 9.90. The fourth-order valence-corrected chi connectivity index (χ4v) is 1.87. The van der Waals surface area contributed by atoms with Crippen LogP contribution in [0.1, 0.15) is 32.3 Å². The Kier molecular flexibility index (Phi) is 5.50. The van der Waals surface area contributed by atoms with Crippen LogP contribution in [0.25, 0.3) is 0 Å². The molecule has 0 heterocycles. The fraction of sp³-hybridized carbons (Fsp3) is 0.571. The van der Waals surface area contributed by atoms with Crippen molar-refractivity contribution in [1.82, 2.24) is 0 Å². The van der Waals surface area contributed by atoms with Gasteiger partial charge in [-0.3, -0.25) is 0 Å². The Balaban J connectivity index is 2.32. The highest BCUT2D eigenvalue weighted by molar-refractivity contribution is 5.14. The van der Waals surface area contributed by atoms with E-state index in [2.05, 4.69) is 26.0 Å². The van der Waals surface area contributed by atoms with Crippen LogP contribution in [0.15, 0.2) is 30.3 Å². The van der Waals surface area contributed by atoms with E-state index < -0.39 is 0 Å². The van der Waals surface area contributed by atoms with Crippen LogP contribution in [-0.4, -0.2) is 17.3 Å². The van der Waals surface area contributed by atoms with Crippen molar-refractivity contribution in [3.63, 3.8) is 0 Å². The third-order valence-electron chi connectivity index (χ3n) is 2.81. The van der Waals surface area contributed by atoms with E-state index in [1.807, 2.05) is 18.2 Å². The second kappa shape index (κ2) is 6.66. The standard InChI is InChI=1S/C14H23NO/c1-11(2)10-13(15)14(16)9-8-12-6-4-3-5-7-12/h3-7,11,13-14,16H,8-10,15H2,1-2H3/t13?,14-/m1/s1. The first-order chi connectivity index (χ1) is 7.59. The van der Waals surface area contributed by atoms with E-state index in [9.17, 15) is 5.11 Å².